The van der Waals surface area contributed by atoms with Crippen LogP contribution in [0, 0.1) is 0 Å². The van der Waals surface area contributed by atoms with Crippen LogP contribution in [0.4, 0.5) is 5.69 Å². The van der Waals surface area contributed by atoms with Crippen LogP contribution in [0.2, 0.25) is 0 Å². The van der Waals surface area contributed by atoms with E-state index in [0.717, 1.165) is 0 Å². The molecule has 1 aliphatic carbocycles. The first-order valence-electron chi connectivity index (χ1n) is 6.75. The summed E-state index contributed by atoms with van der Waals surface area (Å²) in [7, 11) is 0. The molecule has 0 bridgehead atoms. The van der Waals surface area contributed by atoms with Crippen molar-refractivity contribution in [2.24, 2.45) is 4.99 Å². The van der Waals surface area contributed by atoms with E-state index in [0.29, 0.717) is 17.0 Å². The monoisotopic (exact) mass is 290 g/mol. The maximum Gasteiger partial charge on any atom is 0.262 e. The third-order valence-electron chi connectivity index (χ3n) is 4.53. The molecule has 4 rings (SSSR count). The van der Waals surface area contributed by atoms with Gasteiger partial charge in [-0.1, -0.05) is 6.07 Å². The van der Waals surface area contributed by atoms with Gasteiger partial charge in [-0.3, -0.25) is 4.79 Å². The summed E-state index contributed by atoms with van der Waals surface area (Å²) < 4.78 is 5.86. The molecule has 0 unspecified atom stereocenters. The van der Waals surface area contributed by atoms with Crippen LogP contribution in [-0.2, 0) is 11.4 Å². The minimum absolute atomic E-state index is 0.114. The first-order valence-corrected chi connectivity index (χ1v) is 6.75. The highest BCUT2D eigenvalue weighted by molar-refractivity contribution is 6.18. The van der Waals surface area contributed by atoms with Crippen molar-refractivity contribution in [3.63, 3.8) is 0 Å². The molecule has 7 heteroatoms. The zero-order chi connectivity index (χ0) is 14.8. The number of aliphatic imine (C=N–C) groups is 1. The van der Waals surface area contributed by atoms with E-state index in [9.17, 15) is 15.0 Å². The highest BCUT2D eigenvalue weighted by Crippen LogP contribution is 2.51. The standard InChI is InChI=1S/C14H14N2O5/c17-6-7-1-2-9-8(5-7)15-11-14(21-9)10(18)3-4-13(14,20)12(19)16-11/h1-2,5,10,17-18,20H,3-4,6H2,(H,15,16,19)/t10-,13+,14-/m1/s1. The molecule has 1 saturated heterocycles. The molecule has 2 heterocycles. The maximum atomic E-state index is 12.1. The average Bonchev–Trinajstić information content (AvgIpc) is 2.86. The molecule has 2 fully saturated rings. The van der Waals surface area contributed by atoms with Crippen LogP contribution < -0.4 is 10.1 Å². The van der Waals surface area contributed by atoms with Crippen LogP contribution in [0.1, 0.15) is 18.4 Å². The molecular weight excluding hydrogens is 276 g/mol. The molecule has 3 aliphatic rings. The smallest absolute Gasteiger partial charge is 0.262 e. The largest absolute Gasteiger partial charge is 0.471 e. The fourth-order valence-corrected chi connectivity index (χ4v) is 3.39. The molecule has 1 aromatic rings. The molecule has 110 valence electrons. The van der Waals surface area contributed by atoms with E-state index in [1.807, 2.05) is 0 Å². The Balaban J connectivity index is 1.91. The lowest BCUT2D eigenvalue weighted by Crippen LogP contribution is -2.62. The zero-order valence-corrected chi connectivity index (χ0v) is 11.0. The summed E-state index contributed by atoms with van der Waals surface area (Å²) in [5, 5.41) is 32.6. The van der Waals surface area contributed by atoms with Gasteiger partial charge in [0.15, 0.2) is 11.4 Å². The molecule has 1 spiro atoms. The Morgan fingerprint density at radius 3 is 3.05 bits per heavy atom. The number of ether oxygens (including phenoxy) is 1. The number of hydrogen-bond acceptors (Lipinski definition) is 6. The van der Waals surface area contributed by atoms with Gasteiger partial charge in [0, 0.05) is 0 Å². The second-order valence-corrected chi connectivity index (χ2v) is 5.63. The zero-order valence-electron chi connectivity index (χ0n) is 11.0. The molecule has 1 saturated carbocycles. The van der Waals surface area contributed by atoms with Crippen molar-refractivity contribution < 1.29 is 24.9 Å². The Labute approximate surface area is 119 Å². The van der Waals surface area contributed by atoms with Gasteiger partial charge in [0.2, 0.25) is 5.60 Å². The minimum atomic E-state index is -1.81. The summed E-state index contributed by atoms with van der Waals surface area (Å²) in [6, 6.07) is 4.92. The first kappa shape index (κ1) is 12.8. The van der Waals surface area contributed by atoms with Crippen molar-refractivity contribution in [2.75, 3.05) is 0 Å². The van der Waals surface area contributed by atoms with Crippen LogP contribution in [0.15, 0.2) is 23.2 Å². The summed E-state index contributed by atoms with van der Waals surface area (Å²) in [5.41, 5.74) is -2.26. The number of amides is 1. The van der Waals surface area contributed by atoms with Gasteiger partial charge in [0.05, 0.1) is 6.61 Å². The maximum absolute atomic E-state index is 12.1. The number of fused-ring (bicyclic) bond motifs is 1. The Hall–Kier alpha value is -1.96. The lowest BCUT2D eigenvalue weighted by molar-refractivity contribution is -0.150. The number of hydrogen-bond donors (Lipinski definition) is 4. The molecule has 0 radical (unpaired) electrons. The molecule has 1 amide bonds. The third kappa shape index (κ3) is 1.33. The average molecular weight is 290 g/mol. The summed E-state index contributed by atoms with van der Waals surface area (Å²) in [4.78, 5) is 16.4. The number of carbonyl (C=O) groups is 1. The van der Waals surface area contributed by atoms with Gasteiger partial charge >= 0.3 is 0 Å². The number of aliphatic hydroxyl groups is 3. The van der Waals surface area contributed by atoms with Crippen molar-refractivity contribution in [1.29, 1.82) is 0 Å². The fourth-order valence-electron chi connectivity index (χ4n) is 3.39. The SMILES string of the molecule is O=C1NC2=Nc3cc(CO)ccc3O[C@]23[C@H](O)CC[C@]13O. The van der Waals surface area contributed by atoms with Gasteiger partial charge < -0.3 is 25.4 Å². The lowest BCUT2D eigenvalue weighted by atomic mass is 9.86. The fraction of sp³-hybridized carbons (Fsp3) is 0.429. The van der Waals surface area contributed by atoms with E-state index in [4.69, 9.17) is 9.84 Å². The van der Waals surface area contributed by atoms with Crippen LogP contribution in [-0.4, -0.2) is 44.4 Å². The van der Waals surface area contributed by atoms with Crippen LogP contribution in [0.25, 0.3) is 0 Å². The van der Waals surface area contributed by atoms with Gasteiger partial charge in [-0.25, -0.2) is 4.99 Å². The van der Waals surface area contributed by atoms with Crippen LogP contribution in [0.5, 0.6) is 5.75 Å². The van der Waals surface area contributed by atoms with E-state index in [2.05, 4.69) is 10.3 Å². The molecule has 1 aromatic carbocycles. The predicted molar refractivity (Wildman–Crippen MR) is 71.2 cm³/mol. The van der Waals surface area contributed by atoms with Crippen LogP contribution in [0.3, 0.4) is 0 Å². The predicted octanol–water partition coefficient (Wildman–Crippen LogP) is -0.644. The number of benzene rings is 1. The number of amidine groups is 1. The van der Waals surface area contributed by atoms with E-state index < -0.39 is 23.2 Å². The van der Waals surface area contributed by atoms with Crippen LogP contribution >= 0.6 is 0 Å². The Morgan fingerprint density at radius 2 is 2.29 bits per heavy atom. The van der Waals surface area contributed by atoms with E-state index in [1.165, 1.54) is 0 Å². The van der Waals surface area contributed by atoms with Crippen molar-refractivity contribution in [2.45, 2.75) is 36.8 Å². The van der Waals surface area contributed by atoms with E-state index in [1.54, 1.807) is 18.2 Å². The summed E-state index contributed by atoms with van der Waals surface area (Å²) in [5.74, 6) is -0.109. The Morgan fingerprint density at radius 1 is 1.48 bits per heavy atom. The van der Waals surface area contributed by atoms with Gasteiger partial charge in [-0.05, 0) is 30.5 Å². The number of carbonyl (C=O) groups excluding carboxylic acids is 1. The number of nitrogens with zero attached hydrogens (tertiary/aromatic N) is 1. The van der Waals surface area contributed by atoms with E-state index >= 15 is 0 Å². The summed E-state index contributed by atoms with van der Waals surface area (Å²) in [6.07, 6.45) is -0.651. The van der Waals surface area contributed by atoms with Crippen molar-refractivity contribution >= 4 is 17.4 Å². The summed E-state index contributed by atoms with van der Waals surface area (Å²) >= 11 is 0. The first-order chi connectivity index (χ1) is 10.0. The molecule has 21 heavy (non-hydrogen) atoms. The molecule has 3 atom stereocenters. The second kappa shape index (κ2) is 3.82. The molecular formula is C14H14N2O5. The lowest BCUT2D eigenvalue weighted by Gasteiger charge is -2.38. The van der Waals surface area contributed by atoms with Crippen molar-refractivity contribution in [1.82, 2.24) is 5.32 Å². The number of aliphatic hydroxyl groups excluding tert-OH is 2. The quantitative estimate of drug-likeness (QED) is 0.549. The van der Waals surface area contributed by atoms with Crippen molar-refractivity contribution in [3.05, 3.63) is 23.8 Å². The highest BCUT2D eigenvalue weighted by Gasteiger charge is 2.74. The molecule has 2 aliphatic heterocycles. The van der Waals surface area contributed by atoms with Gasteiger partial charge in [-0.15, -0.1) is 0 Å². The summed E-state index contributed by atoms with van der Waals surface area (Å²) in [6.45, 7) is -0.137. The van der Waals surface area contributed by atoms with Gasteiger partial charge in [0.25, 0.3) is 5.91 Å². The van der Waals surface area contributed by atoms with Crippen molar-refractivity contribution in [3.8, 4) is 5.75 Å². The Kier molecular flexibility index (Phi) is 2.32. The van der Waals surface area contributed by atoms with E-state index in [-0.39, 0.29) is 25.3 Å². The Bertz CT molecular complexity index is 688. The number of nitrogens with one attached hydrogen (secondary N) is 1. The normalized spacial score (nSPS) is 36.2. The molecule has 0 aromatic heterocycles. The topological polar surface area (TPSA) is 111 Å². The second-order valence-electron chi connectivity index (χ2n) is 5.63. The van der Waals surface area contributed by atoms with Gasteiger partial charge in [-0.2, -0.15) is 0 Å². The third-order valence-corrected chi connectivity index (χ3v) is 4.53. The molecule has 7 nitrogen and oxygen atoms in total. The highest BCUT2D eigenvalue weighted by atomic mass is 16.5. The molecule has 4 N–H and O–H groups in total. The van der Waals surface area contributed by atoms with Gasteiger partial charge in [0.1, 0.15) is 17.5 Å². The minimum Gasteiger partial charge on any atom is -0.471 e. The number of rotatable bonds is 1.